The largest absolute Gasteiger partial charge is 0.375 e. The number of nitrogens with one attached hydrogen (secondary N) is 2. The Morgan fingerprint density at radius 1 is 1.11 bits per heavy atom. The minimum atomic E-state index is -0.0587. The van der Waals surface area contributed by atoms with Crippen molar-refractivity contribution in [1.29, 1.82) is 0 Å². The van der Waals surface area contributed by atoms with Gasteiger partial charge in [-0.05, 0) is 49.7 Å². The first-order valence-corrected chi connectivity index (χ1v) is 14.2. The molecule has 2 atom stereocenters. The zero-order valence-corrected chi connectivity index (χ0v) is 21.6. The SMILES string of the molecule is O=C(C[C@@H]1CN(C2CC3(CCCCC3)C2)CCO1)Nc1nnc(N[C@@H]2CCN(c3cccnn3)C2)s1. The zero-order valence-electron chi connectivity index (χ0n) is 20.8. The number of rotatable bonds is 7. The van der Waals surface area contributed by atoms with E-state index in [1.165, 1.54) is 56.3 Å². The van der Waals surface area contributed by atoms with Crippen LogP contribution in [0.3, 0.4) is 0 Å². The summed E-state index contributed by atoms with van der Waals surface area (Å²) in [5, 5.41) is 24.2. The van der Waals surface area contributed by atoms with Gasteiger partial charge in [0.25, 0.3) is 0 Å². The topological polar surface area (TPSA) is 108 Å². The Morgan fingerprint density at radius 2 is 1.97 bits per heavy atom. The lowest BCUT2D eigenvalue weighted by Crippen LogP contribution is -2.56. The quantitative estimate of drug-likeness (QED) is 0.578. The summed E-state index contributed by atoms with van der Waals surface area (Å²) in [5.41, 5.74) is 0.629. The van der Waals surface area contributed by atoms with Crippen LogP contribution in [0.25, 0.3) is 0 Å². The molecule has 2 N–H and O–H groups in total. The fourth-order valence-corrected chi connectivity index (χ4v) is 7.27. The summed E-state index contributed by atoms with van der Waals surface area (Å²) in [6, 6.07) is 4.81. The van der Waals surface area contributed by atoms with Gasteiger partial charge in [-0.3, -0.25) is 9.69 Å². The van der Waals surface area contributed by atoms with E-state index >= 15 is 0 Å². The molecular weight excluding hydrogens is 476 g/mol. The molecule has 11 heteroatoms. The van der Waals surface area contributed by atoms with Gasteiger partial charge < -0.3 is 20.3 Å². The zero-order chi connectivity index (χ0) is 24.4. The van der Waals surface area contributed by atoms with E-state index < -0.39 is 0 Å². The van der Waals surface area contributed by atoms with Crippen LogP contribution in [-0.2, 0) is 9.53 Å². The average Bonchev–Trinajstić information content (AvgIpc) is 3.53. The van der Waals surface area contributed by atoms with Crippen LogP contribution in [0, 0.1) is 5.41 Å². The Hall–Kier alpha value is -2.37. The van der Waals surface area contributed by atoms with E-state index in [0.717, 1.165) is 43.5 Å². The third-order valence-electron chi connectivity index (χ3n) is 8.42. The van der Waals surface area contributed by atoms with E-state index in [1.807, 2.05) is 12.1 Å². The van der Waals surface area contributed by atoms with Gasteiger partial charge in [-0.15, -0.1) is 15.3 Å². The third kappa shape index (κ3) is 5.47. The Kier molecular flexibility index (Phi) is 7.03. The first-order valence-electron chi connectivity index (χ1n) is 13.4. The van der Waals surface area contributed by atoms with Crippen molar-refractivity contribution >= 4 is 33.3 Å². The van der Waals surface area contributed by atoms with Crippen LogP contribution in [0.15, 0.2) is 18.3 Å². The van der Waals surface area contributed by atoms with Crippen molar-refractivity contribution in [1.82, 2.24) is 25.3 Å². The highest BCUT2D eigenvalue weighted by atomic mass is 32.1. The minimum Gasteiger partial charge on any atom is -0.375 e. The molecule has 194 valence electrons. The van der Waals surface area contributed by atoms with E-state index in [2.05, 4.69) is 40.8 Å². The molecule has 4 heterocycles. The number of nitrogens with zero attached hydrogens (tertiary/aromatic N) is 6. The maximum atomic E-state index is 12.7. The van der Waals surface area contributed by atoms with Crippen molar-refractivity contribution in [3.63, 3.8) is 0 Å². The summed E-state index contributed by atoms with van der Waals surface area (Å²) in [4.78, 5) is 17.5. The Balaban J connectivity index is 0.943. The molecular formula is C25H36N8O2S. The number of hydrogen-bond acceptors (Lipinski definition) is 10. The lowest BCUT2D eigenvalue weighted by atomic mass is 9.58. The molecule has 4 aliphatic rings. The molecule has 2 saturated carbocycles. The molecule has 36 heavy (non-hydrogen) atoms. The number of carbonyl (C=O) groups excluding carboxylic acids is 1. The number of carbonyl (C=O) groups is 1. The van der Waals surface area contributed by atoms with Crippen molar-refractivity contribution in [2.45, 2.75) is 76.0 Å². The second-order valence-electron chi connectivity index (χ2n) is 10.9. The van der Waals surface area contributed by atoms with Gasteiger partial charge in [0.05, 0.1) is 19.1 Å². The minimum absolute atomic E-state index is 0.0577. The Morgan fingerprint density at radius 3 is 2.81 bits per heavy atom. The van der Waals surface area contributed by atoms with Crippen LogP contribution in [0.2, 0.25) is 0 Å². The van der Waals surface area contributed by atoms with Crippen LogP contribution < -0.4 is 15.5 Å². The summed E-state index contributed by atoms with van der Waals surface area (Å²) in [5.74, 6) is 0.831. The molecule has 0 bridgehead atoms. The van der Waals surface area contributed by atoms with Crippen LogP contribution >= 0.6 is 11.3 Å². The van der Waals surface area contributed by atoms with Crippen LogP contribution in [-0.4, -0.2) is 82.2 Å². The summed E-state index contributed by atoms with van der Waals surface area (Å²) >= 11 is 1.37. The van der Waals surface area contributed by atoms with E-state index in [4.69, 9.17) is 4.74 Å². The maximum Gasteiger partial charge on any atom is 0.228 e. The molecule has 0 radical (unpaired) electrons. The number of morpholine rings is 1. The molecule has 0 aromatic carbocycles. The summed E-state index contributed by atoms with van der Waals surface area (Å²) in [6.45, 7) is 4.29. The van der Waals surface area contributed by atoms with Gasteiger partial charge in [0.1, 0.15) is 0 Å². The van der Waals surface area contributed by atoms with Crippen LogP contribution in [0.5, 0.6) is 0 Å². The van der Waals surface area contributed by atoms with Gasteiger partial charge in [0, 0.05) is 44.5 Å². The summed E-state index contributed by atoms with van der Waals surface area (Å²) in [7, 11) is 0. The normalized spacial score (nSPS) is 26.6. The highest BCUT2D eigenvalue weighted by Gasteiger charge is 2.47. The molecule has 1 spiro atoms. The van der Waals surface area contributed by atoms with Crippen molar-refractivity contribution < 1.29 is 9.53 Å². The molecule has 0 unspecified atom stereocenters. The molecule has 2 aliphatic heterocycles. The van der Waals surface area contributed by atoms with Crippen molar-refractivity contribution in [2.75, 3.05) is 48.3 Å². The number of hydrogen-bond donors (Lipinski definition) is 2. The monoisotopic (exact) mass is 512 g/mol. The molecule has 2 aliphatic carbocycles. The predicted octanol–water partition coefficient (Wildman–Crippen LogP) is 3.16. The highest BCUT2D eigenvalue weighted by molar-refractivity contribution is 7.19. The smallest absolute Gasteiger partial charge is 0.228 e. The summed E-state index contributed by atoms with van der Waals surface area (Å²) < 4.78 is 5.95. The third-order valence-corrected chi connectivity index (χ3v) is 9.19. The predicted molar refractivity (Wildman–Crippen MR) is 139 cm³/mol. The van der Waals surface area contributed by atoms with E-state index in [-0.39, 0.29) is 18.1 Å². The number of amides is 1. The van der Waals surface area contributed by atoms with Gasteiger partial charge in [0.2, 0.25) is 16.2 Å². The van der Waals surface area contributed by atoms with Gasteiger partial charge in [-0.2, -0.15) is 5.10 Å². The lowest BCUT2D eigenvalue weighted by molar-refractivity contribution is -0.125. The first-order chi connectivity index (χ1) is 17.6. The maximum absolute atomic E-state index is 12.7. The van der Waals surface area contributed by atoms with Gasteiger partial charge in [-0.25, -0.2) is 0 Å². The molecule has 4 fully saturated rings. The van der Waals surface area contributed by atoms with Crippen LogP contribution in [0.4, 0.5) is 16.1 Å². The molecule has 2 aromatic rings. The van der Waals surface area contributed by atoms with Gasteiger partial charge in [0.15, 0.2) is 5.82 Å². The van der Waals surface area contributed by atoms with Crippen molar-refractivity contribution in [2.24, 2.45) is 5.41 Å². The lowest BCUT2D eigenvalue weighted by Gasteiger charge is -2.55. The highest BCUT2D eigenvalue weighted by Crippen LogP contribution is 2.53. The number of anilines is 3. The van der Waals surface area contributed by atoms with Crippen LogP contribution in [0.1, 0.15) is 57.8 Å². The fourth-order valence-electron chi connectivity index (χ4n) is 6.54. The van der Waals surface area contributed by atoms with E-state index in [1.54, 1.807) is 6.20 Å². The van der Waals surface area contributed by atoms with Crippen molar-refractivity contribution in [3.05, 3.63) is 18.3 Å². The molecule has 2 aromatic heterocycles. The van der Waals surface area contributed by atoms with Crippen molar-refractivity contribution in [3.8, 4) is 0 Å². The number of ether oxygens (including phenoxy) is 1. The summed E-state index contributed by atoms with van der Waals surface area (Å²) in [6.07, 6.45) is 12.7. The number of aromatic nitrogens is 4. The Labute approximate surface area is 216 Å². The Bertz CT molecular complexity index is 1020. The van der Waals surface area contributed by atoms with Gasteiger partial charge in [-0.1, -0.05) is 30.6 Å². The molecule has 10 nitrogen and oxygen atoms in total. The second-order valence-corrected chi connectivity index (χ2v) is 11.9. The van der Waals surface area contributed by atoms with Gasteiger partial charge >= 0.3 is 0 Å². The standard InChI is InChI=1S/C25H36N8O2S/c34-22(13-20-17-32(11-12-35-20)19-14-25(15-19)7-2-1-3-8-25)28-24-31-30-23(36-24)27-18-6-10-33(16-18)21-5-4-9-26-29-21/h4-5,9,18-20H,1-3,6-8,10-17H2,(H,27,30)(H,28,31,34)/t18-,20-/m1/s1. The first kappa shape index (κ1) is 24.0. The average molecular weight is 513 g/mol. The second kappa shape index (κ2) is 10.5. The molecule has 1 amide bonds. The fraction of sp³-hybridized carbons (Fsp3) is 0.720. The molecule has 2 saturated heterocycles. The van der Waals surface area contributed by atoms with E-state index in [9.17, 15) is 4.79 Å². The molecule has 6 rings (SSSR count). The van der Waals surface area contributed by atoms with E-state index in [0.29, 0.717) is 29.6 Å².